The van der Waals surface area contributed by atoms with E-state index in [0.717, 1.165) is 19.1 Å². The van der Waals surface area contributed by atoms with Crippen LogP contribution in [0.25, 0.3) is 0 Å². The lowest BCUT2D eigenvalue weighted by atomic mass is 10.2. The number of aryl methyl sites for hydroxylation is 1. The molecule has 0 saturated carbocycles. The summed E-state index contributed by atoms with van der Waals surface area (Å²) < 4.78 is 4.99. The second-order valence-electron chi connectivity index (χ2n) is 2.79. The molecule has 1 rings (SSSR count). The van der Waals surface area contributed by atoms with Crippen LogP contribution in [0, 0.1) is 0 Å². The van der Waals surface area contributed by atoms with E-state index in [1.165, 1.54) is 0 Å². The third-order valence-corrected chi connectivity index (χ3v) is 2.02. The number of unbranched alkanes of at least 4 members (excludes halogenated alkanes) is 1. The molecular weight excluding hydrogens is 192 g/mol. The molecule has 0 saturated heterocycles. The molecule has 0 aliphatic carbocycles. The predicted octanol–water partition coefficient (Wildman–Crippen LogP) is 2.34. The first-order valence-electron chi connectivity index (χ1n) is 4.16. The van der Waals surface area contributed by atoms with E-state index in [9.17, 15) is 9.90 Å². The van der Waals surface area contributed by atoms with Crippen LogP contribution >= 0.6 is 11.6 Å². The number of rotatable bonds is 3. The molecule has 72 valence electrons. The Bertz CT molecular complexity index is 343. The predicted molar refractivity (Wildman–Crippen MR) is 50.3 cm³/mol. The maximum absolute atomic E-state index is 11.1. The van der Waals surface area contributed by atoms with Gasteiger partial charge in [0.05, 0.1) is 0 Å². The molecule has 0 aliphatic rings. The Kier molecular flexibility index (Phi) is 3.37. The highest BCUT2D eigenvalue weighted by Crippen LogP contribution is 2.17. The van der Waals surface area contributed by atoms with E-state index in [4.69, 9.17) is 16.0 Å². The summed E-state index contributed by atoms with van der Waals surface area (Å²) in [6.07, 6.45) is 3.58. The highest BCUT2D eigenvalue weighted by molar-refractivity contribution is 6.30. The molecule has 0 spiro atoms. The van der Waals surface area contributed by atoms with Crippen molar-refractivity contribution in [3.63, 3.8) is 0 Å². The fraction of sp³-hybridized carbons (Fsp3) is 0.444. The third kappa shape index (κ3) is 2.25. The molecular formula is C9H11ClO3. The van der Waals surface area contributed by atoms with Gasteiger partial charge >= 0.3 is 0 Å². The SMILES string of the molecule is CCCCc1occ(Cl)c(=O)c1O. The number of halogens is 1. The Balaban J connectivity index is 2.97. The smallest absolute Gasteiger partial charge is 0.245 e. The molecule has 4 heteroatoms. The highest BCUT2D eigenvalue weighted by Gasteiger charge is 2.10. The molecule has 3 nitrogen and oxygen atoms in total. The van der Waals surface area contributed by atoms with Gasteiger partial charge in [-0.1, -0.05) is 24.9 Å². The molecule has 0 aliphatic heterocycles. The zero-order valence-corrected chi connectivity index (χ0v) is 8.10. The van der Waals surface area contributed by atoms with Gasteiger partial charge in [-0.3, -0.25) is 4.79 Å². The molecule has 13 heavy (non-hydrogen) atoms. The van der Waals surface area contributed by atoms with Gasteiger partial charge in [0.25, 0.3) is 0 Å². The molecule has 1 aromatic rings. The maximum Gasteiger partial charge on any atom is 0.245 e. The first-order chi connectivity index (χ1) is 6.16. The summed E-state index contributed by atoms with van der Waals surface area (Å²) in [5.41, 5.74) is -0.556. The average molecular weight is 203 g/mol. The number of aromatic hydroxyl groups is 1. The number of hydrogen-bond donors (Lipinski definition) is 1. The molecule has 0 atom stereocenters. The van der Waals surface area contributed by atoms with Crippen LogP contribution in [0.5, 0.6) is 5.75 Å². The zero-order valence-electron chi connectivity index (χ0n) is 7.34. The van der Waals surface area contributed by atoms with Gasteiger partial charge in [0.15, 0.2) is 0 Å². The highest BCUT2D eigenvalue weighted by atomic mass is 35.5. The summed E-state index contributed by atoms with van der Waals surface area (Å²) >= 11 is 5.45. The standard InChI is InChI=1S/C9H11ClO3/c1-2-3-4-7-9(12)8(11)6(10)5-13-7/h5,12H,2-4H2,1H3. The minimum Gasteiger partial charge on any atom is -0.502 e. The zero-order chi connectivity index (χ0) is 9.84. The second kappa shape index (κ2) is 4.33. The summed E-state index contributed by atoms with van der Waals surface area (Å²) in [6, 6.07) is 0. The first kappa shape index (κ1) is 10.1. The van der Waals surface area contributed by atoms with Gasteiger partial charge in [0, 0.05) is 6.42 Å². The van der Waals surface area contributed by atoms with Crippen molar-refractivity contribution in [2.75, 3.05) is 0 Å². The fourth-order valence-corrected chi connectivity index (χ4v) is 1.12. The molecule has 1 heterocycles. The maximum atomic E-state index is 11.1. The van der Waals surface area contributed by atoms with Crippen molar-refractivity contribution >= 4 is 11.6 Å². The van der Waals surface area contributed by atoms with E-state index in [0.29, 0.717) is 12.2 Å². The Morgan fingerprint density at radius 2 is 2.31 bits per heavy atom. The van der Waals surface area contributed by atoms with Gasteiger partial charge in [-0.05, 0) is 6.42 Å². The van der Waals surface area contributed by atoms with Crippen molar-refractivity contribution in [2.24, 2.45) is 0 Å². The lowest BCUT2D eigenvalue weighted by molar-refractivity contribution is 0.396. The van der Waals surface area contributed by atoms with Crippen molar-refractivity contribution in [3.8, 4) is 5.75 Å². The molecule has 1 aromatic heterocycles. The quantitative estimate of drug-likeness (QED) is 0.819. The monoisotopic (exact) mass is 202 g/mol. The van der Waals surface area contributed by atoms with E-state index in [1.54, 1.807) is 0 Å². The van der Waals surface area contributed by atoms with Gasteiger partial charge < -0.3 is 9.52 Å². The van der Waals surface area contributed by atoms with Gasteiger partial charge in [-0.15, -0.1) is 0 Å². The lowest BCUT2D eigenvalue weighted by Crippen LogP contribution is -2.03. The largest absolute Gasteiger partial charge is 0.502 e. The Morgan fingerprint density at radius 1 is 1.62 bits per heavy atom. The fourth-order valence-electron chi connectivity index (χ4n) is 0.987. The topological polar surface area (TPSA) is 50.4 Å². The third-order valence-electron chi connectivity index (χ3n) is 1.76. The van der Waals surface area contributed by atoms with Crippen LogP contribution < -0.4 is 5.43 Å². The van der Waals surface area contributed by atoms with E-state index in [2.05, 4.69) is 0 Å². The van der Waals surface area contributed by atoms with Crippen molar-refractivity contribution in [2.45, 2.75) is 26.2 Å². The van der Waals surface area contributed by atoms with Crippen molar-refractivity contribution in [1.82, 2.24) is 0 Å². The second-order valence-corrected chi connectivity index (χ2v) is 3.20. The molecule has 0 unspecified atom stereocenters. The number of hydrogen-bond acceptors (Lipinski definition) is 3. The molecule has 0 amide bonds. The van der Waals surface area contributed by atoms with Crippen LogP contribution in [0.1, 0.15) is 25.5 Å². The summed E-state index contributed by atoms with van der Waals surface area (Å²) in [5.74, 6) is -0.0443. The van der Waals surface area contributed by atoms with Crippen LogP contribution in [0.15, 0.2) is 15.5 Å². The molecule has 0 radical (unpaired) electrons. The first-order valence-corrected chi connectivity index (χ1v) is 4.53. The van der Waals surface area contributed by atoms with Crippen LogP contribution in [0.4, 0.5) is 0 Å². The van der Waals surface area contributed by atoms with Crippen LogP contribution in [0.2, 0.25) is 5.02 Å². The van der Waals surface area contributed by atoms with Crippen LogP contribution in [-0.2, 0) is 6.42 Å². The Morgan fingerprint density at radius 3 is 2.92 bits per heavy atom. The summed E-state index contributed by atoms with van der Waals surface area (Å²) in [4.78, 5) is 11.1. The van der Waals surface area contributed by atoms with Gasteiger partial charge in [-0.25, -0.2) is 0 Å². The summed E-state index contributed by atoms with van der Waals surface area (Å²) in [7, 11) is 0. The molecule has 0 aromatic carbocycles. The van der Waals surface area contributed by atoms with Gasteiger partial charge in [0.1, 0.15) is 17.0 Å². The van der Waals surface area contributed by atoms with Gasteiger partial charge in [-0.2, -0.15) is 0 Å². The normalized spacial score (nSPS) is 10.3. The molecule has 1 N–H and O–H groups in total. The Labute approximate surface area is 81.0 Å². The van der Waals surface area contributed by atoms with E-state index < -0.39 is 5.43 Å². The molecule has 0 bridgehead atoms. The minimum atomic E-state index is -0.556. The lowest BCUT2D eigenvalue weighted by Gasteiger charge is -2.01. The van der Waals surface area contributed by atoms with Crippen LogP contribution in [-0.4, -0.2) is 5.11 Å². The Hall–Kier alpha value is -0.960. The van der Waals surface area contributed by atoms with Crippen LogP contribution in [0.3, 0.4) is 0 Å². The molecule has 0 fully saturated rings. The average Bonchev–Trinajstić information content (AvgIpc) is 2.13. The van der Waals surface area contributed by atoms with Crippen molar-refractivity contribution < 1.29 is 9.52 Å². The van der Waals surface area contributed by atoms with E-state index in [-0.39, 0.29) is 10.8 Å². The minimum absolute atomic E-state index is 0.0854. The summed E-state index contributed by atoms with van der Waals surface area (Å²) in [6.45, 7) is 2.02. The van der Waals surface area contributed by atoms with Crippen molar-refractivity contribution in [1.29, 1.82) is 0 Å². The summed E-state index contributed by atoms with van der Waals surface area (Å²) in [5, 5.41) is 9.23. The van der Waals surface area contributed by atoms with E-state index >= 15 is 0 Å². The van der Waals surface area contributed by atoms with Crippen molar-refractivity contribution in [3.05, 3.63) is 27.3 Å². The van der Waals surface area contributed by atoms with Gasteiger partial charge in [0.2, 0.25) is 11.2 Å². The van der Waals surface area contributed by atoms with E-state index in [1.807, 2.05) is 6.92 Å².